The number of carbonyl (C=O) groups excluding carboxylic acids is 1. The Morgan fingerprint density at radius 1 is 1.07 bits per heavy atom. The third-order valence-electron chi connectivity index (χ3n) is 5.18. The predicted octanol–water partition coefficient (Wildman–Crippen LogP) is 3.29. The second-order valence-corrected chi connectivity index (χ2v) is 9.51. The summed E-state index contributed by atoms with van der Waals surface area (Å²) in [5.74, 6) is 0.511. The van der Waals surface area contributed by atoms with Gasteiger partial charge in [-0.2, -0.15) is 4.31 Å². The van der Waals surface area contributed by atoms with E-state index in [1.54, 1.807) is 12.1 Å². The highest BCUT2D eigenvalue weighted by Crippen LogP contribution is 2.21. The van der Waals surface area contributed by atoms with Gasteiger partial charge in [0.15, 0.2) is 0 Å². The summed E-state index contributed by atoms with van der Waals surface area (Å²) in [6, 6.07) is 11.8. The molecule has 2 aromatic carbocycles. The fourth-order valence-corrected chi connectivity index (χ4v) is 4.75. The SMILES string of the molecule is Cc1ccc(OC[C@H](C)NC(=O)c2ccc(S(=O)(=O)N3CCCC3)cc2)cc1C. The van der Waals surface area contributed by atoms with Crippen molar-refractivity contribution in [2.45, 2.75) is 44.6 Å². The summed E-state index contributed by atoms with van der Waals surface area (Å²) in [5.41, 5.74) is 2.78. The molecule has 3 rings (SSSR count). The van der Waals surface area contributed by atoms with Gasteiger partial charge in [-0.3, -0.25) is 4.79 Å². The van der Waals surface area contributed by atoms with E-state index in [4.69, 9.17) is 4.74 Å². The van der Waals surface area contributed by atoms with Crippen LogP contribution in [-0.2, 0) is 10.0 Å². The average molecular weight is 417 g/mol. The molecule has 29 heavy (non-hydrogen) atoms. The lowest BCUT2D eigenvalue weighted by atomic mass is 10.1. The first kappa shape index (κ1) is 21.3. The van der Waals surface area contributed by atoms with E-state index >= 15 is 0 Å². The van der Waals surface area contributed by atoms with E-state index in [1.165, 1.54) is 22.0 Å². The van der Waals surface area contributed by atoms with Crippen LogP contribution in [0.25, 0.3) is 0 Å². The monoisotopic (exact) mass is 416 g/mol. The first-order valence-corrected chi connectivity index (χ1v) is 11.3. The number of nitrogens with zero attached hydrogens (tertiary/aromatic N) is 1. The van der Waals surface area contributed by atoms with Crippen LogP contribution in [0.4, 0.5) is 0 Å². The normalized spacial score (nSPS) is 15.8. The summed E-state index contributed by atoms with van der Waals surface area (Å²) in [6.07, 6.45) is 1.78. The lowest BCUT2D eigenvalue weighted by Crippen LogP contribution is -2.36. The molecule has 0 radical (unpaired) electrons. The van der Waals surface area contributed by atoms with Gasteiger partial charge in [0.05, 0.1) is 10.9 Å². The van der Waals surface area contributed by atoms with Gasteiger partial charge in [0.1, 0.15) is 12.4 Å². The third-order valence-corrected chi connectivity index (χ3v) is 7.09. The van der Waals surface area contributed by atoms with Crippen molar-refractivity contribution in [2.75, 3.05) is 19.7 Å². The van der Waals surface area contributed by atoms with Crippen LogP contribution < -0.4 is 10.1 Å². The lowest BCUT2D eigenvalue weighted by molar-refractivity contribution is 0.0926. The number of nitrogens with one attached hydrogen (secondary N) is 1. The van der Waals surface area contributed by atoms with Gasteiger partial charge in [0.25, 0.3) is 5.91 Å². The van der Waals surface area contributed by atoms with Gasteiger partial charge in [-0.15, -0.1) is 0 Å². The number of carbonyl (C=O) groups is 1. The first-order chi connectivity index (χ1) is 13.8. The van der Waals surface area contributed by atoms with Crippen molar-refractivity contribution in [3.8, 4) is 5.75 Å². The van der Waals surface area contributed by atoms with Gasteiger partial charge >= 0.3 is 0 Å². The largest absolute Gasteiger partial charge is 0.491 e. The van der Waals surface area contributed by atoms with Crippen LogP contribution >= 0.6 is 0 Å². The molecule has 1 aliphatic rings. The molecule has 0 bridgehead atoms. The summed E-state index contributed by atoms with van der Waals surface area (Å²) in [6.45, 7) is 7.40. The molecule has 1 aliphatic heterocycles. The zero-order valence-electron chi connectivity index (χ0n) is 17.1. The molecule has 156 valence electrons. The van der Waals surface area contributed by atoms with Gasteiger partial charge in [-0.25, -0.2) is 8.42 Å². The Hall–Kier alpha value is -2.38. The Labute approximate surface area is 172 Å². The summed E-state index contributed by atoms with van der Waals surface area (Å²) < 4.78 is 32.4. The molecule has 1 amide bonds. The van der Waals surface area contributed by atoms with Gasteiger partial charge in [-0.05, 0) is 81.1 Å². The van der Waals surface area contributed by atoms with Crippen LogP contribution in [0.5, 0.6) is 5.75 Å². The molecule has 0 aromatic heterocycles. The molecule has 1 heterocycles. The van der Waals surface area contributed by atoms with Crippen molar-refractivity contribution in [3.63, 3.8) is 0 Å². The zero-order valence-corrected chi connectivity index (χ0v) is 18.0. The van der Waals surface area contributed by atoms with Crippen molar-refractivity contribution < 1.29 is 17.9 Å². The number of ether oxygens (including phenoxy) is 1. The highest BCUT2D eigenvalue weighted by molar-refractivity contribution is 7.89. The van der Waals surface area contributed by atoms with E-state index in [-0.39, 0.29) is 16.8 Å². The fourth-order valence-electron chi connectivity index (χ4n) is 3.23. The Bertz CT molecular complexity index is 965. The maximum Gasteiger partial charge on any atom is 0.251 e. The highest BCUT2D eigenvalue weighted by Gasteiger charge is 2.27. The standard InChI is InChI=1S/C22H28N2O4S/c1-16-6-9-20(14-17(16)2)28-15-18(3)23-22(25)19-7-10-21(11-8-19)29(26,27)24-12-4-5-13-24/h6-11,14,18H,4-5,12-13,15H2,1-3H3,(H,23,25)/t18-/m0/s1. The zero-order chi connectivity index (χ0) is 21.0. The fraction of sp³-hybridized carbons (Fsp3) is 0.409. The van der Waals surface area contributed by atoms with E-state index in [1.807, 2.05) is 39.0 Å². The van der Waals surface area contributed by atoms with Gasteiger partial charge < -0.3 is 10.1 Å². The van der Waals surface area contributed by atoms with Crippen LogP contribution in [-0.4, -0.2) is 44.4 Å². The molecule has 7 heteroatoms. The Kier molecular flexibility index (Phi) is 6.59. The summed E-state index contributed by atoms with van der Waals surface area (Å²) in [4.78, 5) is 12.7. The lowest BCUT2D eigenvalue weighted by Gasteiger charge is -2.17. The quantitative estimate of drug-likeness (QED) is 0.752. The Morgan fingerprint density at radius 3 is 2.34 bits per heavy atom. The topological polar surface area (TPSA) is 75.7 Å². The number of benzene rings is 2. The number of rotatable bonds is 7. The van der Waals surface area contributed by atoms with Gasteiger partial charge in [0.2, 0.25) is 10.0 Å². The summed E-state index contributed by atoms with van der Waals surface area (Å²) in [5, 5.41) is 2.88. The number of hydrogen-bond acceptors (Lipinski definition) is 4. The van der Waals surface area contributed by atoms with Gasteiger partial charge in [-0.1, -0.05) is 6.07 Å². The summed E-state index contributed by atoms with van der Waals surface area (Å²) >= 11 is 0. The van der Waals surface area contributed by atoms with Crippen LogP contribution in [0.1, 0.15) is 41.3 Å². The van der Waals surface area contributed by atoms with Crippen LogP contribution in [0.3, 0.4) is 0 Å². The van der Waals surface area contributed by atoms with Crippen molar-refractivity contribution in [1.82, 2.24) is 9.62 Å². The third kappa shape index (κ3) is 5.16. The number of sulfonamides is 1. The van der Waals surface area contributed by atoms with E-state index in [9.17, 15) is 13.2 Å². The molecule has 1 fully saturated rings. The van der Waals surface area contributed by atoms with E-state index in [0.717, 1.165) is 24.2 Å². The minimum absolute atomic E-state index is 0.197. The minimum Gasteiger partial charge on any atom is -0.491 e. The average Bonchev–Trinajstić information content (AvgIpc) is 3.25. The van der Waals surface area contributed by atoms with E-state index in [0.29, 0.717) is 25.3 Å². The first-order valence-electron chi connectivity index (χ1n) is 9.88. The van der Waals surface area contributed by atoms with E-state index < -0.39 is 10.0 Å². The van der Waals surface area contributed by atoms with Crippen molar-refractivity contribution in [1.29, 1.82) is 0 Å². The molecule has 0 unspecified atom stereocenters. The second-order valence-electron chi connectivity index (χ2n) is 7.57. The summed E-state index contributed by atoms with van der Waals surface area (Å²) in [7, 11) is -3.47. The number of hydrogen-bond donors (Lipinski definition) is 1. The molecule has 2 aromatic rings. The number of aryl methyl sites for hydroxylation is 2. The molecule has 0 aliphatic carbocycles. The molecule has 1 saturated heterocycles. The predicted molar refractivity (Wildman–Crippen MR) is 113 cm³/mol. The van der Waals surface area contributed by atoms with Crippen molar-refractivity contribution >= 4 is 15.9 Å². The molecule has 6 nitrogen and oxygen atoms in total. The molecular formula is C22H28N2O4S. The molecule has 0 saturated carbocycles. The van der Waals surface area contributed by atoms with Gasteiger partial charge in [0, 0.05) is 18.7 Å². The smallest absolute Gasteiger partial charge is 0.251 e. The highest BCUT2D eigenvalue weighted by atomic mass is 32.2. The molecule has 0 spiro atoms. The molecule has 1 atom stereocenters. The van der Waals surface area contributed by atoms with E-state index in [2.05, 4.69) is 5.32 Å². The maximum absolute atomic E-state index is 12.6. The molecular weight excluding hydrogens is 388 g/mol. The number of amides is 1. The second kappa shape index (κ2) is 8.97. The van der Waals surface area contributed by atoms with Crippen molar-refractivity contribution in [2.24, 2.45) is 0 Å². The van der Waals surface area contributed by atoms with Crippen molar-refractivity contribution in [3.05, 3.63) is 59.2 Å². The Morgan fingerprint density at radius 2 is 1.72 bits per heavy atom. The van der Waals surface area contributed by atoms with Crippen LogP contribution in [0.2, 0.25) is 0 Å². The molecule has 1 N–H and O–H groups in total. The minimum atomic E-state index is -3.47. The van der Waals surface area contributed by atoms with Crippen LogP contribution in [0, 0.1) is 13.8 Å². The Balaban J connectivity index is 1.56. The van der Waals surface area contributed by atoms with Crippen LogP contribution in [0.15, 0.2) is 47.4 Å². The maximum atomic E-state index is 12.6.